The standard InChI is InChI=1S/C19H23ClF5N5O2/c1-10(26)8-32-9-19(24,25)18(3,27)13-6-12(4-5-15(13)21)29-16(31)11(2)14(20)7-30(28)17(22)23/h4-7,17H,1-2,8-9,26-28H2,3H3,(H,29,31)/b14-7+/t18-/m1/s1. The fraction of sp³-hybridized carbons (Fsp3) is 0.316. The van der Waals surface area contributed by atoms with E-state index in [1.165, 1.54) is 0 Å². The van der Waals surface area contributed by atoms with E-state index >= 15 is 0 Å². The van der Waals surface area contributed by atoms with Gasteiger partial charge in [-0.15, -0.1) is 0 Å². The minimum atomic E-state index is -3.75. The smallest absolute Gasteiger partial charge is 0.327 e. The van der Waals surface area contributed by atoms with Gasteiger partial charge in [0, 0.05) is 23.1 Å². The number of hydrogen-bond acceptors (Lipinski definition) is 6. The molecule has 0 unspecified atom stereocenters. The van der Waals surface area contributed by atoms with E-state index in [9.17, 15) is 26.7 Å². The number of alkyl halides is 4. The molecule has 0 aliphatic heterocycles. The molecule has 7 N–H and O–H groups in total. The quantitative estimate of drug-likeness (QED) is 0.0958. The van der Waals surface area contributed by atoms with Crippen LogP contribution in [0, 0.1) is 5.82 Å². The summed E-state index contributed by atoms with van der Waals surface area (Å²) in [6, 6.07) is 2.77. The first-order valence-electron chi connectivity index (χ1n) is 8.77. The fourth-order valence-electron chi connectivity index (χ4n) is 2.24. The molecule has 1 amide bonds. The number of rotatable bonds is 11. The van der Waals surface area contributed by atoms with Crippen LogP contribution in [-0.4, -0.2) is 36.6 Å². The first kappa shape index (κ1) is 27.4. The fourth-order valence-corrected chi connectivity index (χ4v) is 2.44. The molecule has 7 nitrogen and oxygen atoms in total. The first-order chi connectivity index (χ1) is 14.6. The number of nitrogens with two attached hydrogens (primary N) is 3. The van der Waals surface area contributed by atoms with Crippen molar-refractivity contribution >= 4 is 23.2 Å². The van der Waals surface area contributed by atoms with Crippen molar-refractivity contribution in [2.75, 3.05) is 18.5 Å². The van der Waals surface area contributed by atoms with E-state index in [1.54, 1.807) is 0 Å². The van der Waals surface area contributed by atoms with Gasteiger partial charge in [0.15, 0.2) is 0 Å². The van der Waals surface area contributed by atoms with E-state index in [4.69, 9.17) is 33.6 Å². The summed E-state index contributed by atoms with van der Waals surface area (Å²) in [6.07, 6.45) is 0.567. The molecule has 1 aromatic rings. The van der Waals surface area contributed by atoms with Gasteiger partial charge in [-0.25, -0.2) is 19.0 Å². The van der Waals surface area contributed by atoms with Gasteiger partial charge in [-0.1, -0.05) is 24.8 Å². The summed E-state index contributed by atoms with van der Waals surface area (Å²) >= 11 is 5.73. The highest BCUT2D eigenvalue weighted by molar-refractivity contribution is 6.35. The lowest BCUT2D eigenvalue weighted by atomic mass is 9.86. The second-order valence-electron chi connectivity index (χ2n) is 6.89. The summed E-state index contributed by atoms with van der Waals surface area (Å²) in [5, 5.41) is 1.67. The lowest BCUT2D eigenvalue weighted by Crippen LogP contribution is -2.53. The maximum atomic E-state index is 14.6. The van der Waals surface area contributed by atoms with Crippen molar-refractivity contribution in [1.82, 2.24) is 5.01 Å². The van der Waals surface area contributed by atoms with Crippen LogP contribution in [0.15, 0.2) is 53.9 Å². The lowest BCUT2D eigenvalue weighted by molar-refractivity contribution is -0.124. The van der Waals surface area contributed by atoms with E-state index in [0.29, 0.717) is 6.20 Å². The zero-order valence-electron chi connectivity index (χ0n) is 17.0. The molecule has 0 spiro atoms. The number of ether oxygens (including phenoxy) is 1. The molecular weight excluding hydrogens is 461 g/mol. The SMILES string of the molecule is C=C(N)COCC(F)(F)[C@](C)(N)c1cc(NC(=O)C(=C)/C(Cl)=C\N(N)C(F)F)ccc1F. The number of benzene rings is 1. The number of nitrogens with zero attached hydrogens (tertiary/aromatic N) is 1. The number of hydrazine groups is 1. The van der Waals surface area contributed by atoms with E-state index in [-0.39, 0.29) is 23.0 Å². The molecule has 0 heterocycles. The summed E-state index contributed by atoms with van der Waals surface area (Å²) in [5.74, 6) is -0.814. The second kappa shape index (κ2) is 10.8. The van der Waals surface area contributed by atoms with Crippen LogP contribution in [0.2, 0.25) is 0 Å². The molecular formula is C19H23ClF5N5O2. The lowest BCUT2D eigenvalue weighted by Gasteiger charge is -2.34. The Bertz CT molecular complexity index is 908. The summed E-state index contributed by atoms with van der Waals surface area (Å²) in [5.41, 5.74) is 7.22. The van der Waals surface area contributed by atoms with Crippen LogP contribution in [0.3, 0.4) is 0 Å². The first-order valence-corrected chi connectivity index (χ1v) is 9.14. The van der Waals surface area contributed by atoms with E-state index < -0.39 is 52.5 Å². The molecule has 32 heavy (non-hydrogen) atoms. The summed E-state index contributed by atoms with van der Waals surface area (Å²) < 4.78 is 73.3. The highest BCUT2D eigenvalue weighted by Crippen LogP contribution is 2.38. The average molecular weight is 484 g/mol. The van der Waals surface area contributed by atoms with E-state index in [0.717, 1.165) is 25.1 Å². The van der Waals surface area contributed by atoms with Crippen LogP contribution in [0.25, 0.3) is 0 Å². The Kier molecular flexibility index (Phi) is 9.21. The maximum absolute atomic E-state index is 14.6. The number of carbonyl (C=O) groups is 1. The maximum Gasteiger partial charge on any atom is 0.327 e. The average Bonchev–Trinajstić information content (AvgIpc) is 2.67. The molecule has 1 atom stereocenters. The number of nitrogens with one attached hydrogen (secondary N) is 1. The van der Waals surface area contributed by atoms with Crippen LogP contribution in [0.1, 0.15) is 12.5 Å². The highest BCUT2D eigenvalue weighted by Gasteiger charge is 2.50. The highest BCUT2D eigenvalue weighted by atomic mass is 35.5. The third kappa shape index (κ3) is 6.92. The van der Waals surface area contributed by atoms with Gasteiger partial charge in [-0.3, -0.25) is 9.80 Å². The summed E-state index contributed by atoms with van der Waals surface area (Å²) in [6.45, 7) is 2.92. The summed E-state index contributed by atoms with van der Waals surface area (Å²) in [4.78, 5) is 12.3. The molecule has 0 aliphatic carbocycles. The Morgan fingerprint density at radius 1 is 1.38 bits per heavy atom. The van der Waals surface area contributed by atoms with Gasteiger partial charge >= 0.3 is 6.55 Å². The number of anilines is 1. The van der Waals surface area contributed by atoms with Gasteiger partial charge in [0.05, 0.1) is 17.2 Å². The molecule has 0 bridgehead atoms. The predicted octanol–water partition coefficient (Wildman–Crippen LogP) is 3.10. The van der Waals surface area contributed by atoms with Gasteiger partial charge in [0.25, 0.3) is 11.8 Å². The molecule has 1 rings (SSSR count). The third-order valence-electron chi connectivity index (χ3n) is 4.16. The zero-order valence-corrected chi connectivity index (χ0v) is 17.7. The molecule has 0 saturated carbocycles. The zero-order chi connectivity index (χ0) is 24.9. The number of hydrogen-bond donors (Lipinski definition) is 4. The van der Waals surface area contributed by atoms with E-state index in [1.807, 2.05) is 0 Å². The molecule has 0 saturated heterocycles. The van der Waals surface area contributed by atoms with Gasteiger partial charge in [-0.2, -0.15) is 8.78 Å². The van der Waals surface area contributed by atoms with Crippen molar-refractivity contribution in [2.45, 2.75) is 24.9 Å². The van der Waals surface area contributed by atoms with Crippen molar-refractivity contribution in [1.29, 1.82) is 0 Å². The molecule has 0 aliphatic rings. The van der Waals surface area contributed by atoms with Crippen LogP contribution in [0.4, 0.5) is 27.6 Å². The minimum Gasteiger partial charge on any atom is -0.401 e. The Morgan fingerprint density at radius 2 is 1.97 bits per heavy atom. The summed E-state index contributed by atoms with van der Waals surface area (Å²) in [7, 11) is 0. The van der Waals surface area contributed by atoms with Crippen molar-refractivity contribution in [2.24, 2.45) is 17.3 Å². The van der Waals surface area contributed by atoms with Gasteiger partial charge in [0.2, 0.25) is 0 Å². The third-order valence-corrected chi connectivity index (χ3v) is 4.49. The monoisotopic (exact) mass is 483 g/mol. The molecule has 0 aromatic heterocycles. The Morgan fingerprint density at radius 3 is 2.50 bits per heavy atom. The van der Waals surface area contributed by atoms with Crippen LogP contribution >= 0.6 is 11.6 Å². The Hall–Kier alpha value is -2.67. The Balaban J connectivity index is 3.10. The van der Waals surface area contributed by atoms with Gasteiger partial charge in [-0.05, 0) is 25.1 Å². The van der Waals surface area contributed by atoms with Gasteiger partial charge < -0.3 is 21.5 Å². The molecule has 0 radical (unpaired) electrons. The van der Waals surface area contributed by atoms with Crippen molar-refractivity contribution < 1.29 is 31.5 Å². The number of halogens is 6. The van der Waals surface area contributed by atoms with Crippen LogP contribution in [0.5, 0.6) is 0 Å². The van der Waals surface area contributed by atoms with Crippen molar-refractivity contribution in [3.8, 4) is 0 Å². The number of carbonyl (C=O) groups excluding carboxylic acids is 1. The molecule has 1 aromatic carbocycles. The molecule has 178 valence electrons. The largest absolute Gasteiger partial charge is 0.401 e. The Labute approximate surface area is 186 Å². The molecule has 0 fully saturated rings. The van der Waals surface area contributed by atoms with Gasteiger partial charge in [0.1, 0.15) is 18.0 Å². The van der Waals surface area contributed by atoms with Crippen LogP contribution < -0.4 is 22.6 Å². The van der Waals surface area contributed by atoms with E-state index in [2.05, 4.69) is 18.5 Å². The molecule has 13 heteroatoms. The van der Waals surface area contributed by atoms with Crippen LogP contribution in [-0.2, 0) is 15.1 Å². The number of amides is 1. The van der Waals surface area contributed by atoms with Crippen molar-refractivity contribution in [3.63, 3.8) is 0 Å². The van der Waals surface area contributed by atoms with Crippen molar-refractivity contribution in [3.05, 3.63) is 65.2 Å². The minimum absolute atomic E-state index is 0.00895. The normalized spacial score (nSPS) is 14.1. The predicted molar refractivity (Wildman–Crippen MR) is 111 cm³/mol. The topological polar surface area (TPSA) is 120 Å². The second-order valence-corrected chi connectivity index (χ2v) is 7.29.